The highest BCUT2D eigenvalue weighted by Gasteiger charge is 2.19. The van der Waals surface area contributed by atoms with Crippen LogP contribution in [0.2, 0.25) is 0 Å². The number of aliphatic hydroxyl groups is 1. The summed E-state index contributed by atoms with van der Waals surface area (Å²) in [5, 5.41) is 19.6. The normalized spacial score (nSPS) is 10.2. The van der Waals surface area contributed by atoms with Crippen molar-refractivity contribution in [1.82, 2.24) is 9.55 Å². The average Bonchev–Trinajstić information content (AvgIpc) is 3.02. The summed E-state index contributed by atoms with van der Waals surface area (Å²) in [6.45, 7) is 9.26. The number of carbonyl (C=O) groups is 1. The molecule has 0 aliphatic carbocycles. The molecule has 0 unspecified atom stereocenters. The number of phenolic OH excluding ortho intramolecular Hbond substituents is 1. The smallest absolute Gasteiger partial charge is 0.155 e. The summed E-state index contributed by atoms with van der Waals surface area (Å²) < 4.78 is 1.70. The Labute approximate surface area is 183 Å². The molecule has 0 atom stereocenters. The molecule has 0 saturated heterocycles. The zero-order valence-electron chi connectivity index (χ0n) is 19.0. The van der Waals surface area contributed by atoms with Gasteiger partial charge in [-0.15, -0.1) is 0 Å². The fourth-order valence-corrected chi connectivity index (χ4v) is 2.84. The minimum Gasteiger partial charge on any atom is -0.508 e. The number of aromatic hydroxyl groups is 1. The third kappa shape index (κ3) is 6.07. The summed E-state index contributed by atoms with van der Waals surface area (Å²) >= 11 is 0. The summed E-state index contributed by atoms with van der Waals surface area (Å²) in [6.07, 6.45) is 0.978. The first-order chi connectivity index (χ1) is 14.7. The van der Waals surface area contributed by atoms with Gasteiger partial charge in [-0.05, 0) is 57.5 Å². The van der Waals surface area contributed by atoms with E-state index in [-0.39, 0.29) is 17.1 Å². The Hall–Kier alpha value is -3.34. The maximum absolute atomic E-state index is 11.6. The highest BCUT2D eigenvalue weighted by molar-refractivity contribution is 6.02. The van der Waals surface area contributed by atoms with Crippen LogP contribution in [-0.2, 0) is 0 Å². The van der Waals surface area contributed by atoms with Crippen molar-refractivity contribution < 1.29 is 15.0 Å². The molecule has 0 amide bonds. The highest BCUT2D eigenvalue weighted by atomic mass is 16.3. The molecular formula is C24H32N4O3. The van der Waals surface area contributed by atoms with Crippen molar-refractivity contribution >= 4 is 23.1 Å². The van der Waals surface area contributed by atoms with Crippen LogP contribution < -0.4 is 11.5 Å². The SMILES string of the molecule is CC.CN.Cc1ccc(O)cc1-n1c(N)c(C=O)c2nc(C#CCC(C)(C)O)ccc21. The van der Waals surface area contributed by atoms with E-state index in [4.69, 9.17) is 5.73 Å². The van der Waals surface area contributed by atoms with Crippen LogP contribution in [0.3, 0.4) is 0 Å². The number of hydrogen-bond acceptors (Lipinski definition) is 6. The van der Waals surface area contributed by atoms with Crippen LogP contribution in [0.15, 0.2) is 30.3 Å². The molecule has 0 spiro atoms. The first kappa shape index (κ1) is 25.7. The molecule has 0 aliphatic heterocycles. The topological polar surface area (TPSA) is 127 Å². The first-order valence-electron chi connectivity index (χ1n) is 10.1. The summed E-state index contributed by atoms with van der Waals surface area (Å²) in [5.41, 5.74) is 13.3. The molecule has 0 radical (unpaired) electrons. The summed E-state index contributed by atoms with van der Waals surface area (Å²) in [4.78, 5) is 16.1. The van der Waals surface area contributed by atoms with Gasteiger partial charge in [0.2, 0.25) is 0 Å². The maximum Gasteiger partial charge on any atom is 0.155 e. The molecule has 0 saturated carbocycles. The molecule has 31 heavy (non-hydrogen) atoms. The third-order valence-electron chi connectivity index (χ3n) is 4.18. The second kappa shape index (κ2) is 11.2. The summed E-state index contributed by atoms with van der Waals surface area (Å²) in [5.74, 6) is 6.15. The van der Waals surface area contributed by atoms with Gasteiger partial charge in [0.15, 0.2) is 6.29 Å². The first-order valence-corrected chi connectivity index (χ1v) is 10.1. The van der Waals surface area contributed by atoms with Crippen LogP contribution in [-0.4, -0.2) is 38.7 Å². The number of aromatic nitrogens is 2. The van der Waals surface area contributed by atoms with Crippen LogP contribution in [0.1, 0.15) is 55.7 Å². The van der Waals surface area contributed by atoms with E-state index >= 15 is 0 Å². The van der Waals surface area contributed by atoms with Gasteiger partial charge in [-0.1, -0.05) is 25.8 Å². The molecule has 0 aliphatic rings. The van der Waals surface area contributed by atoms with E-state index in [2.05, 4.69) is 22.6 Å². The standard InChI is InChI=1S/C21H21N3O3.C2H6.CH5N/c1-13-6-8-15(26)11-18(13)24-17-9-7-14(5-4-10-21(2,3)27)23-19(17)16(12-25)20(24)22;2*1-2/h6-9,11-12,26-27H,10,22H2,1-3H3;1-2H3;2H2,1H3. The lowest BCUT2D eigenvalue weighted by molar-refractivity contribution is 0.0862. The van der Waals surface area contributed by atoms with Gasteiger partial charge in [0.1, 0.15) is 22.8 Å². The van der Waals surface area contributed by atoms with E-state index in [1.165, 1.54) is 7.05 Å². The van der Waals surface area contributed by atoms with Crippen molar-refractivity contribution in [3.8, 4) is 23.3 Å². The molecular weight excluding hydrogens is 392 g/mol. The fraction of sp³-hybridized carbons (Fsp3) is 0.333. The van der Waals surface area contributed by atoms with Crippen molar-refractivity contribution in [3.05, 3.63) is 47.2 Å². The average molecular weight is 425 g/mol. The number of anilines is 1. The Kier molecular flexibility index (Phi) is 9.25. The quantitative estimate of drug-likeness (QED) is 0.376. The van der Waals surface area contributed by atoms with Gasteiger partial charge in [0.25, 0.3) is 0 Å². The molecule has 0 fully saturated rings. The predicted octanol–water partition coefficient (Wildman–Crippen LogP) is 3.55. The van der Waals surface area contributed by atoms with Crippen molar-refractivity contribution in [1.29, 1.82) is 0 Å². The molecule has 2 aromatic heterocycles. The predicted molar refractivity (Wildman–Crippen MR) is 127 cm³/mol. The molecule has 7 nitrogen and oxygen atoms in total. The molecule has 7 heteroatoms. The second-order valence-electron chi connectivity index (χ2n) is 7.08. The highest BCUT2D eigenvalue weighted by Crippen LogP contribution is 2.32. The molecule has 6 N–H and O–H groups in total. The van der Waals surface area contributed by atoms with Gasteiger partial charge in [-0.3, -0.25) is 9.36 Å². The largest absolute Gasteiger partial charge is 0.508 e. The Bertz CT molecular complexity index is 1100. The van der Waals surface area contributed by atoms with E-state index < -0.39 is 5.60 Å². The van der Waals surface area contributed by atoms with E-state index in [9.17, 15) is 15.0 Å². The van der Waals surface area contributed by atoms with Gasteiger partial charge in [0, 0.05) is 12.5 Å². The second-order valence-corrected chi connectivity index (χ2v) is 7.08. The van der Waals surface area contributed by atoms with E-state index in [1.807, 2.05) is 20.8 Å². The number of rotatable bonds is 3. The number of nitrogens with two attached hydrogens (primary N) is 2. The van der Waals surface area contributed by atoms with E-state index in [0.29, 0.717) is 35.1 Å². The van der Waals surface area contributed by atoms with Gasteiger partial charge in [-0.2, -0.15) is 0 Å². The van der Waals surface area contributed by atoms with E-state index in [0.717, 1.165) is 5.56 Å². The third-order valence-corrected chi connectivity index (χ3v) is 4.18. The van der Waals surface area contributed by atoms with Crippen molar-refractivity contribution in [3.63, 3.8) is 0 Å². The van der Waals surface area contributed by atoms with Crippen molar-refractivity contribution in [2.24, 2.45) is 5.73 Å². The lowest BCUT2D eigenvalue weighted by atomic mass is 10.1. The molecule has 0 bridgehead atoms. The molecule has 1 aromatic carbocycles. The lowest BCUT2D eigenvalue weighted by Crippen LogP contribution is -2.16. The van der Waals surface area contributed by atoms with Crippen LogP contribution >= 0.6 is 0 Å². The summed E-state index contributed by atoms with van der Waals surface area (Å²) in [6, 6.07) is 8.50. The molecule has 166 valence electrons. The number of phenols is 1. The van der Waals surface area contributed by atoms with Gasteiger partial charge >= 0.3 is 0 Å². The number of benzene rings is 1. The Morgan fingerprint density at radius 1 is 1.19 bits per heavy atom. The van der Waals surface area contributed by atoms with Gasteiger partial charge in [0.05, 0.1) is 22.4 Å². The minimum atomic E-state index is -0.883. The minimum absolute atomic E-state index is 0.103. The van der Waals surface area contributed by atoms with Gasteiger partial charge < -0.3 is 21.7 Å². The number of hydrogen-bond donors (Lipinski definition) is 4. The Balaban J connectivity index is 0.00000113. The number of nitrogen functional groups attached to an aromatic ring is 1. The number of carbonyl (C=O) groups excluding carboxylic acids is 1. The molecule has 3 aromatic rings. The maximum atomic E-state index is 11.6. The number of aryl methyl sites for hydroxylation is 1. The molecule has 2 heterocycles. The molecule has 3 rings (SSSR count). The Morgan fingerprint density at radius 3 is 2.42 bits per heavy atom. The number of fused-ring (bicyclic) bond motifs is 1. The van der Waals surface area contributed by atoms with Crippen molar-refractivity contribution in [2.45, 2.75) is 46.6 Å². The lowest BCUT2D eigenvalue weighted by Gasteiger charge is -2.12. The van der Waals surface area contributed by atoms with Gasteiger partial charge in [-0.25, -0.2) is 4.98 Å². The van der Waals surface area contributed by atoms with Crippen molar-refractivity contribution in [2.75, 3.05) is 12.8 Å². The zero-order chi connectivity index (χ0) is 23.8. The number of pyridine rings is 1. The monoisotopic (exact) mass is 424 g/mol. The van der Waals surface area contributed by atoms with Crippen LogP contribution in [0.5, 0.6) is 5.75 Å². The number of aldehydes is 1. The zero-order valence-corrected chi connectivity index (χ0v) is 19.0. The van der Waals surface area contributed by atoms with Crippen LogP contribution in [0, 0.1) is 18.8 Å². The number of nitrogens with zero attached hydrogens (tertiary/aromatic N) is 2. The van der Waals surface area contributed by atoms with Crippen LogP contribution in [0.25, 0.3) is 16.7 Å². The van der Waals surface area contributed by atoms with E-state index in [1.54, 1.807) is 48.7 Å². The van der Waals surface area contributed by atoms with Crippen LogP contribution in [0.4, 0.5) is 5.82 Å². The fourth-order valence-electron chi connectivity index (χ4n) is 2.84. The summed E-state index contributed by atoms with van der Waals surface area (Å²) in [7, 11) is 1.50. The Morgan fingerprint density at radius 2 is 1.84 bits per heavy atom.